The minimum atomic E-state index is -0.917. The highest BCUT2D eigenvalue weighted by molar-refractivity contribution is 5.64. The van der Waals surface area contributed by atoms with E-state index >= 15 is 0 Å². The molecule has 0 aliphatic heterocycles. The maximum Gasteiger partial charge on any atom is 0.159 e. The van der Waals surface area contributed by atoms with Crippen LogP contribution in [0.4, 0.5) is 4.39 Å². The number of unbranched alkanes of at least 4 members (excludes halogenated alkanes) is 9. The van der Waals surface area contributed by atoms with E-state index in [1.54, 1.807) is 0 Å². The number of hydrogen-bond donors (Lipinski definition) is 0. The fourth-order valence-corrected chi connectivity index (χ4v) is 4.53. The molecule has 3 aromatic rings. The first-order valence-corrected chi connectivity index (χ1v) is 14.5. The molecule has 4 heteroatoms. The molecule has 0 spiro atoms. The van der Waals surface area contributed by atoms with E-state index < -0.39 is 6.17 Å². The average Bonchev–Trinajstić information content (AvgIpc) is 2.95. The van der Waals surface area contributed by atoms with E-state index in [1.807, 2.05) is 36.7 Å². The smallest absolute Gasteiger partial charge is 0.159 e. The molecule has 1 unspecified atom stereocenters. The van der Waals surface area contributed by atoms with Crippen LogP contribution < -0.4 is 4.74 Å². The molecule has 1 heterocycles. The van der Waals surface area contributed by atoms with Gasteiger partial charge in [-0.15, -0.1) is 0 Å². The van der Waals surface area contributed by atoms with Crippen molar-refractivity contribution in [2.45, 2.75) is 103 Å². The monoisotopic (exact) mass is 504 g/mol. The van der Waals surface area contributed by atoms with Gasteiger partial charge in [0.25, 0.3) is 0 Å². The second kappa shape index (κ2) is 16.9. The van der Waals surface area contributed by atoms with Gasteiger partial charge < -0.3 is 4.74 Å². The normalized spacial score (nSPS) is 12.0. The van der Waals surface area contributed by atoms with E-state index in [-0.39, 0.29) is 6.61 Å². The van der Waals surface area contributed by atoms with Crippen molar-refractivity contribution < 1.29 is 9.13 Å². The summed E-state index contributed by atoms with van der Waals surface area (Å²) in [7, 11) is 0. The second-order valence-corrected chi connectivity index (χ2v) is 10.1. The zero-order valence-electron chi connectivity index (χ0n) is 22.9. The lowest BCUT2D eigenvalue weighted by Gasteiger charge is -2.10. The summed E-state index contributed by atoms with van der Waals surface area (Å²) in [6, 6.07) is 16.4. The first-order valence-electron chi connectivity index (χ1n) is 14.5. The van der Waals surface area contributed by atoms with Crippen molar-refractivity contribution in [1.29, 1.82) is 0 Å². The van der Waals surface area contributed by atoms with Crippen LogP contribution >= 0.6 is 0 Å². The lowest BCUT2D eigenvalue weighted by atomic mass is 10.0. The highest BCUT2D eigenvalue weighted by Crippen LogP contribution is 2.23. The van der Waals surface area contributed by atoms with Crippen LogP contribution in [0.3, 0.4) is 0 Å². The van der Waals surface area contributed by atoms with Gasteiger partial charge in [0, 0.05) is 23.5 Å². The molecule has 3 rings (SSSR count). The minimum Gasteiger partial charge on any atom is -0.491 e. The summed E-state index contributed by atoms with van der Waals surface area (Å²) in [6.45, 7) is 4.44. The molecule has 1 aromatic heterocycles. The molecule has 0 bridgehead atoms. The maximum atomic E-state index is 13.8. The number of hydrogen-bond acceptors (Lipinski definition) is 3. The predicted octanol–water partition coefficient (Wildman–Crippen LogP) is 9.79. The van der Waals surface area contributed by atoms with Crippen LogP contribution in [0.2, 0.25) is 0 Å². The lowest BCUT2D eigenvalue weighted by molar-refractivity contribution is 0.184. The molecule has 2 aromatic carbocycles. The third-order valence-corrected chi connectivity index (χ3v) is 6.92. The predicted molar refractivity (Wildman–Crippen MR) is 154 cm³/mol. The quantitative estimate of drug-likeness (QED) is 0.162. The number of nitrogens with zero attached hydrogens (tertiary/aromatic N) is 2. The van der Waals surface area contributed by atoms with Crippen LogP contribution in [0, 0.1) is 0 Å². The van der Waals surface area contributed by atoms with E-state index in [4.69, 9.17) is 4.74 Å². The third-order valence-electron chi connectivity index (χ3n) is 6.92. The molecule has 0 aliphatic carbocycles. The van der Waals surface area contributed by atoms with Gasteiger partial charge in [0.2, 0.25) is 0 Å². The zero-order valence-corrected chi connectivity index (χ0v) is 22.9. The third kappa shape index (κ3) is 10.6. The number of rotatable bonds is 18. The number of ether oxygens (including phenoxy) is 1. The van der Waals surface area contributed by atoms with Crippen molar-refractivity contribution in [2.75, 3.05) is 6.61 Å². The van der Waals surface area contributed by atoms with Crippen molar-refractivity contribution in [2.24, 2.45) is 0 Å². The Morgan fingerprint density at radius 2 is 1.22 bits per heavy atom. The summed E-state index contributed by atoms with van der Waals surface area (Å²) >= 11 is 0. The summed E-state index contributed by atoms with van der Waals surface area (Å²) in [4.78, 5) is 9.15. The molecule has 1 atom stereocenters. The standard InChI is InChI=1S/C33H45FN2O/c1-3-5-7-8-9-10-11-12-13-14-27-16-18-28(19-17-27)30-24-35-33(36-25-30)29-20-22-32(23-21-29)37-26-31(34)15-6-4-2/h16-25,31H,3-15,26H2,1-2H3. The molecule has 0 saturated carbocycles. The molecule has 3 nitrogen and oxygen atoms in total. The number of benzene rings is 2. The number of aryl methyl sites for hydroxylation is 1. The fourth-order valence-electron chi connectivity index (χ4n) is 4.53. The Morgan fingerprint density at radius 1 is 0.649 bits per heavy atom. The lowest BCUT2D eigenvalue weighted by Crippen LogP contribution is -2.12. The van der Waals surface area contributed by atoms with Gasteiger partial charge in [0.15, 0.2) is 5.82 Å². The number of alkyl halides is 1. The Kier molecular flexibility index (Phi) is 13.2. The van der Waals surface area contributed by atoms with Gasteiger partial charge in [0.05, 0.1) is 0 Å². The molecule has 0 fully saturated rings. The van der Waals surface area contributed by atoms with E-state index in [0.717, 1.165) is 36.0 Å². The highest BCUT2D eigenvalue weighted by atomic mass is 19.1. The Bertz CT molecular complexity index is 986. The maximum absolute atomic E-state index is 13.8. The van der Waals surface area contributed by atoms with Crippen LogP contribution in [0.1, 0.15) is 96.5 Å². The van der Waals surface area contributed by atoms with Gasteiger partial charge in [-0.2, -0.15) is 0 Å². The Balaban J connectivity index is 1.41. The summed E-state index contributed by atoms with van der Waals surface area (Å²) in [5.41, 5.74) is 4.46. The van der Waals surface area contributed by atoms with E-state index in [9.17, 15) is 4.39 Å². The van der Waals surface area contributed by atoms with E-state index in [1.165, 1.54) is 63.4 Å². The van der Waals surface area contributed by atoms with Crippen LogP contribution in [-0.4, -0.2) is 22.7 Å². The van der Waals surface area contributed by atoms with E-state index in [0.29, 0.717) is 18.0 Å². The Hall–Kier alpha value is -2.75. The summed E-state index contributed by atoms with van der Waals surface area (Å²) in [6.07, 6.45) is 18.7. The van der Waals surface area contributed by atoms with Crippen molar-refractivity contribution in [3.8, 4) is 28.3 Å². The van der Waals surface area contributed by atoms with Gasteiger partial charge in [-0.25, -0.2) is 14.4 Å². The summed E-state index contributed by atoms with van der Waals surface area (Å²) in [5, 5.41) is 0. The van der Waals surface area contributed by atoms with Crippen molar-refractivity contribution in [3.05, 3.63) is 66.5 Å². The first-order chi connectivity index (χ1) is 18.2. The molecular weight excluding hydrogens is 459 g/mol. The Labute approximate surface area is 223 Å². The largest absolute Gasteiger partial charge is 0.491 e. The first kappa shape index (κ1) is 28.8. The van der Waals surface area contributed by atoms with Gasteiger partial charge in [-0.3, -0.25) is 0 Å². The molecular formula is C33H45FN2O. The molecule has 200 valence electrons. The Morgan fingerprint density at radius 3 is 1.84 bits per heavy atom. The molecule has 0 amide bonds. The molecule has 0 saturated heterocycles. The van der Waals surface area contributed by atoms with Crippen molar-refractivity contribution in [3.63, 3.8) is 0 Å². The van der Waals surface area contributed by atoms with Crippen LogP contribution in [0.25, 0.3) is 22.5 Å². The van der Waals surface area contributed by atoms with Gasteiger partial charge >= 0.3 is 0 Å². The molecule has 0 radical (unpaired) electrons. The van der Waals surface area contributed by atoms with Crippen LogP contribution in [0.5, 0.6) is 5.75 Å². The topological polar surface area (TPSA) is 35.0 Å². The van der Waals surface area contributed by atoms with Crippen molar-refractivity contribution >= 4 is 0 Å². The molecule has 0 aliphatic rings. The van der Waals surface area contributed by atoms with Gasteiger partial charge in [-0.1, -0.05) is 102 Å². The fraction of sp³-hybridized carbons (Fsp3) is 0.515. The average molecular weight is 505 g/mol. The SMILES string of the molecule is CCCCCCCCCCCc1ccc(-c2cnc(-c3ccc(OCC(F)CCCC)cc3)nc2)cc1. The van der Waals surface area contributed by atoms with Crippen LogP contribution in [-0.2, 0) is 6.42 Å². The highest BCUT2D eigenvalue weighted by Gasteiger charge is 2.08. The minimum absolute atomic E-state index is 0.0997. The van der Waals surface area contributed by atoms with Crippen molar-refractivity contribution in [1.82, 2.24) is 9.97 Å². The van der Waals surface area contributed by atoms with E-state index in [2.05, 4.69) is 48.1 Å². The number of halogens is 1. The summed E-state index contributed by atoms with van der Waals surface area (Å²) in [5.74, 6) is 1.34. The molecule has 37 heavy (non-hydrogen) atoms. The van der Waals surface area contributed by atoms with Crippen LogP contribution in [0.15, 0.2) is 60.9 Å². The van der Waals surface area contributed by atoms with Gasteiger partial charge in [-0.05, 0) is 54.7 Å². The zero-order chi connectivity index (χ0) is 26.1. The molecule has 0 N–H and O–H groups in total. The second-order valence-electron chi connectivity index (χ2n) is 10.1. The number of aromatic nitrogens is 2. The van der Waals surface area contributed by atoms with Gasteiger partial charge in [0.1, 0.15) is 18.5 Å². The summed E-state index contributed by atoms with van der Waals surface area (Å²) < 4.78 is 19.4.